The standard InChI is InChI=1S/C12H12N2O2/c1-8(9(2)15)14-12(16)11-5-3-4-10(6-11)7-13/h3-6,8H,1-2H3,(H,14,16). The topological polar surface area (TPSA) is 70.0 Å². The van der Waals surface area contributed by atoms with Crippen molar-refractivity contribution in [1.82, 2.24) is 5.32 Å². The molecule has 1 N–H and O–H groups in total. The second-order valence-electron chi connectivity index (χ2n) is 3.50. The van der Waals surface area contributed by atoms with E-state index in [9.17, 15) is 9.59 Å². The number of ketones is 1. The molecule has 1 aromatic carbocycles. The lowest BCUT2D eigenvalue weighted by Crippen LogP contribution is -2.37. The quantitative estimate of drug-likeness (QED) is 0.827. The minimum atomic E-state index is -0.516. The van der Waals surface area contributed by atoms with Gasteiger partial charge in [-0.2, -0.15) is 5.26 Å². The molecule has 4 nitrogen and oxygen atoms in total. The Morgan fingerprint density at radius 3 is 2.69 bits per heavy atom. The lowest BCUT2D eigenvalue weighted by molar-refractivity contribution is -0.118. The first-order valence-electron chi connectivity index (χ1n) is 4.86. The monoisotopic (exact) mass is 216 g/mol. The molecule has 1 rings (SSSR count). The van der Waals surface area contributed by atoms with Gasteiger partial charge >= 0.3 is 0 Å². The predicted octanol–water partition coefficient (Wildman–Crippen LogP) is 1.27. The highest BCUT2D eigenvalue weighted by atomic mass is 16.2. The Morgan fingerprint density at radius 2 is 2.12 bits per heavy atom. The Hall–Kier alpha value is -2.15. The molecule has 0 aliphatic carbocycles. The molecule has 0 heterocycles. The molecule has 16 heavy (non-hydrogen) atoms. The molecular weight excluding hydrogens is 204 g/mol. The summed E-state index contributed by atoms with van der Waals surface area (Å²) in [5.41, 5.74) is 0.801. The molecule has 0 aliphatic rings. The fourth-order valence-electron chi connectivity index (χ4n) is 1.11. The van der Waals surface area contributed by atoms with E-state index in [1.54, 1.807) is 25.1 Å². The zero-order valence-electron chi connectivity index (χ0n) is 9.15. The van der Waals surface area contributed by atoms with Crippen molar-refractivity contribution >= 4 is 11.7 Å². The van der Waals surface area contributed by atoms with Gasteiger partial charge in [0.25, 0.3) is 5.91 Å². The average Bonchev–Trinajstić information content (AvgIpc) is 2.28. The van der Waals surface area contributed by atoms with E-state index in [0.717, 1.165) is 0 Å². The summed E-state index contributed by atoms with van der Waals surface area (Å²) in [4.78, 5) is 22.6. The SMILES string of the molecule is CC(=O)C(C)NC(=O)c1cccc(C#N)c1. The van der Waals surface area contributed by atoms with Crippen LogP contribution in [0.15, 0.2) is 24.3 Å². The number of benzene rings is 1. The summed E-state index contributed by atoms with van der Waals surface area (Å²) < 4.78 is 0. The van der Waals surface area contributed by atoms with Gasteiger partial charge in [0.2, 0.25) is 0 Å². The summed E-state index contributed by atoms with van der Waals surface area (Å²) in [5.74, 6) is -0.454. The van der Waals surface area contributed by atoms with Crippen LogP contribution in [0.25, 0.3) is 0 Å². The summed E-state index contributed by atoms with van der Waals surface area (Å²) in [6, 6.07) is 7.77. The molecule has 1 aromatic rings. The second kappa shape index (κ2) is 5.08. The van der Waals surface area contributed by atoms with Crippen molar-refractivity contribution in [2.45, 2.75) is 19.9 Å². The van der Waals surface area contributed by atoms with E-state index >= 15 is 0 Å². The van der Waals surface area contributed by atoms with Gasteiger partial charge in [-0.15, -0.1) is 0 Å². The minimum Gasteiger partial charge on any atom is -0.343 e. The van der Waals surface area contributed by atoms with Crippen molar-refractivity contribution in [3.8, 4) is 6.07 Å². The van der Waals surface area contributed by atoms with E-state index < -0.39 is 6.04 Å². The number of carbonyl (C=O) groups is 2. The Kier molecular flexibility index (Phi) is 3.78. The highest BCUT2D eigenvalue weighted by molar-refractivity contribution is 5.97. The molecule has 1 amide bonds. The third-order valence-corrected chi connectivity index (χ3v) is 2.21. The predicted molar refractivity (Wildman–Crippen MR) is 58.8 cm³/mol. The number of hydrogen-bond acceptors (Lipinski definition) is 3. The van der Waals surface area contributed by atoms with Crippen LogP contribution < -0.4 is 5.32 Å². The van der Waals surface area contributed by atoms with Gasteiger partial charge in [0.1, 0.15) is 0 Å². The van der Waals surface area contributed by atoms with E-state index in [2.05, 4.69) is 5.32 Å². The number of nitrogens with zero attached hydrogens (tertiary/aromatic N) is 1. The highest BCUT2D eigenvalue weighted by Crippen LogP contribution is 2.04. The molecule has 1 unspecified atom stereocenters. The van der Waals surface area contributed by atoms with Crippen LogP contribution in [-0.4, -0.2) is 17.7 Å². The third kappa shape index (κ3) is 2.92. The largest absolute Gasteiger partial charge is 0.343 e. The summed E-state index contributed by atoms with van der Waals surface area (Å²) >= 11 is 0. The van der Waals surface area contributed by atoms with Gasteiger partial charge in [-0.05, 0) is 32.0 Å². The third-order valence-electron chi connectivity index (χ3n) is 2.21. The van der Waals surface area contributed by atoms with E-state index in [4.69, 9.17) is 5.26 Å². The minimum absolute atomic E-state index is 0.107. The van der Waals surface area contributed by atoms with Crippen molar-refractivity contribution in [2.24, 2.45) is 0 Å². The van der Waals surface area contributed by atoms with Crippen molar-refractivity contribution in [2.75, 3.05) is 0 Å². The van der Waals surface area contributed by atoms with Gasteiger partial charge in [0.15, 0.2) is 5.78 Å². The van der Waals surface area contributed by atoms with Crippen molar-refractivity contribution in [3.05, 3.63) is 35.4 Å². The summed E-state index contributed by atoms with van der Waals surface area (Å²) in [7, 11) is 0. The maximum atomic E-state index is 11.7. The Morgan fingerprint density at radius 1 is 1.44 bits per heavy atom. The molecule has 4 heteroatoms. The lowest BCUT2D eigenvalue weighted by Gasteiger charge is -2.10. The molecular formula is C12H12N2O2. The zero-order chi connectivity index (χ0) is 12.1. The van der Waals surface area contributed by atoms with Gasteiger partial charge in [-0.25, -0.2) is 0 Å². The van der Waals surface area contributed by atoms with Crippen molar-refractivity contribution in [3.63, 3.8) is 0 Å². The molecule has 0 aliphatic heterocycles. The van der Waals surface area contributed by atoms with E-state index in [-0.39, 0.29) is 11.7 Å². The number of hydrogen-bond donors (Lipinski definition) is 1. The van der Waals surface area contributed by atoms with Crippen LogP contribution in [0.4, 0.5) is 0 Å². The van der Waals surface area contributed by atoms with Gasteiger partial charge in [-0.3, -0.25) is 9.59 Å². The van der Waals surface area contributed by atoms with Crippen LogP contribution in [0.5, 0.6) is 0 Å². The van der Waals surface area contributed by atoms with E-state index in [0.29, 0.717) is 11.1 Å². The number of rotatable bonds is 3. The van der Waals surface area contributed by atoms with Crippen LogP contribution in [0.2, 0.25) is 0 Å². The van der Waals surface area contributed by atoms with Crippen LogP contribution in [-0.2, 0) is 4.79 Å². The molecule has 1 atom stereocenters. The van der Waals surface area contributed by atoms with Crippen molar-refractivity contribution < 1.29 is 9.59 Å². The molecule has 0 fully saturated rings. The molecule has 0 radical (unpaired) electrons. The van der Waals surface area contributed by atoms with E-state index in [1.165, 1.54) is 13.0 Å². The summed E-state index contributed by atoms with van der Waals surface area (Å²) in [6.45, 7) is 3.03. The van der Waals surface area contributed by atoms with Gasteiger partial charge in [0.05, 0.1) is 17.7 Å². The first-order valence-corrected chi connectivity index (χ1v) is 4.86. The number of amides is 1. The first kappa shape index (κ1) is 11.9. The second-order valence-corrected chi connectivity index (χ2v) is 3.50. The number of nitrogens with one attached hydrogen (secondary N) is 1. The van der Waals surface area contributed by atoms with Crippen LogP contribution in [0.1, 0.15) is 29.8 Å². The smallest absolute Gasteiger partial charge is 0.251 e. The summed E-state index contributed by atoms with van der Waals surface area (Å²) in [6.07, 6.45) is 0. The van der Waals surface area contributed by atoms with Crippen LogP contribution >= 0.6 is 0 Å². The van der Waals surface area contributed by atoms with Crippen molar-refractivity contribution in [1.29, 1.82) is 5.26 Å². The van der Waals surface area contributed by atoms with Gasteiger partial charge in [0, 0.05) is 5.56 Å². The fraction of sp³-hybridized carbons (Fsp3) is 0.250. The van der Waals surface area contributed by atoms with Crippen LogP contribution in [0, 0.1) is 11.3 Å². The Balaban J connectivity index is 2.81. The van der Waals surface area contributed by atoms with Gasteiger partial charge in [-0.1, -0.05) is 6.07 Å². The Bertz CT molecular complexity index is 460. The van der Waals surface area contributed by atoms with Crippen LogP contribution in [0.3, 0.4) is 0 Å². The number of nitriles is 1. The molecule has 0 bridgehead atoms. The fourth-order valence-corrected chi connectivity index (χ4v) is 1.11. The van der Waals surface area contributed by atoms with Gasteiger partial charge < -0.3 is 5.32 Å². The zero-order valence-corrected chi connectivity index (χ0v) is 9.15. The maximum absolute atomic E-state index is 11.7. The molecule has 0 saturated carbocycles. The normalized spacial score (nSPS) is 11.3. The molecule has 0 saturated heterocycles. The molecule has 82 valence electrons. The highest BCUT2D eigenvalue weighted by Gasteiger charge is 2.12. The average molecular weight is 216 g/mol. The maximum Gasteiger partial charge on any atom is 0.251 e. The molecule has 0 aromatic heterocycles. The Labute approximate surface area is 93.9 Å². The number of carbonyl (C=O) groups excluding carboxylic acids is 2. The summed E-state index contributed by atoms with van der Waals surface area (Å²) in [5, 5.41) is 11.2. The lowest BCUT2D eigenvalue weighted by atomic mass is 10.1. The molecule has 0 spiro atoms. The van der Waals surface area contributed by atoms with E-state index in [1.807, 2.05) is 6.07 Å². The first-order chi connectivity index (χ1) is 7.54. The number of Topliss-reactive ketones (excluding diaryl/α,β-unsaturated/α-hetero) is 1.